The lowest BCUT2D eigenvalue weighted by molar-refractivity contribution is 0.220. The first-order chi connectivity index (χ1) is 11.7. The smallest absolute Gasteiger partial charge is 0.0783 e. The highest BCUT2D eigenvalue weighted by molar-refractivity contribution is 6.42. The summed E-state index contributed by atoms with van der Waals surface area (Å²) in [7, 11) is 0. The second kappa shape index (κ2) is 6.75. The van der Waals surface area contributed by atoms with Crippen LogP contribution in [0.3, 0.4) is 0 Å². The van der Waals surface area contributed by atoms with E-state index in [2.05, 4.69) is 45.8 Å². The number of halogens is 2. The molecule has 2 aromatic carbocycles. The van der Waals surface area contributed by atoms with Crippen molar-refractivity contribution in [2.75, 3.05) is 13.1 Å². The Kier molecular flexibility index (Phi) is 4.49. The molecule has 1 saturated heterocycles. The van der Waals surface area contributed by atoms with E-state index in [0.29, 0.717) is 16.0 Å². The summed E-state index contributed by atoms with van der Waals surface area (Å²) in [6.07, 6.45) is 1.02. The minimum absolute atomic E-state index is 0.174. The van der Waals surface area contributed by atoms with E-state index in [4.69, 9.17) is 23.2 Å². The van der Waals surface area contributed by atoms with Crippen LogP contribution in [0, 0.1) is 5.92 Å². The molecule has 3 nitrogen and oxygen atoms in total. The fourth-order valence-corrected chi connectivity index (χ4v) is 3.92. The first kappa shape index (κ1) is 15.9. The number of benzene rings is 2. The maximum Gasteiger partial charge on any atom is 0.0783 e. The fourth-order valence-electron chi connectivity index (χ4n) is 3.61. The number of nitrogens with zero attached hydrogens (tertiary/aromatic N) is 2. The Morgan fingerprint density at radius 1 is 1.08 bits per heavy atom. The third-order valence-electron chi connectivity index (χ3n) is 4.87. The minimum Gasteiger partial charge on any atom is -0.302 e. The number of hydrogen-bond acceptors (Lipinski definition) is 3. The van der Waals surface area contributed by atoms with Crippen molar-refractivity contribution >= 4 is 28.9 Å². The summed E-state index contributed by atoms with van der Waals surface area (Å²) in [6.45, 7) is 3.05. The molecule has 0 saturated carbocycles. The molecule has 0 spiro atoms. The molecule has 4 rings (SSSR count). The average Bonchev–Trinajstić information content (AvgIpc) is 3.01. The Labute approximate surface area is 152 Å². The quantitative estimate of drug-likeness (QED) is 0.872. The van der Waals surface area contributed by atoms with Crippen LogP contribution in [0.4, 0.5) is 0 Å². The molecule has 2 aromatic rings. The molecule has 0 aromatic heterocycles. The normalized spacial score (nSPS) is 23.5. The molecule has 0 amide bonds. The van der Waals surface area contributed by atoms with Crippen LogP contribution < -0.4 is 5.43 Å². The van der Waals surface area contributed by atoms with E-state index < -0.39 is 0 Å². The van der Waals surface area contributed by atoms with E-state index in [1.54, 1.807) is 0 Å². The molecule has 0 aliphatic carbocycles. The number of hydrazone groups is 1. The standard InChI is InChI=1S/C19H19Cl2N3/c20-16-7-6-14(10-17(16)21)19-15-12-24(9-8-18(15)22-23-19)11-13-4-2-1-3-5-13/h1-7,10,15,19,23H,8-9,11-12H2. The van der Waals surface area contributed by atoms with Crippen molar-refractivity contribution in [2.45, 2.75) is 19.0 Å². The summed E-state index contributed by atoms with van der Waals surface area (Å²) in [4.78, 5) is 2.51. The van der Waals surface area contributed by atoms with Crippen LogP contribution in [0.15, 0.2) is 53.6 Å². The van der Waals surface area contributed by atoms with Crippen molar-refractivity contribution in [1.29, 1.82) is 0 Å². The van der Waals surface area contributed by atoms with Crippen molar-refractivity contribution in [1.82, 2.24) is 10.3 Å². The summed E-state index contributed by atoms with van der Waals surface area (Å²) in [5.41, 5.74) is 7.08. The maximum absolute atomic E-state index is 6.20. The third kappa shape index (κ3) is 3.16. The molecular weight excluding hydrogens is 341 g/mol. The lowest BCUT2D eigenvalue weighted by Gasteiger charge is -2.33. The van der Waals surface area contributed by atoms with Crippen molar-refractivity contribution in [3.63, 3.8) is 0 Å². The molecular formula is C19H19Cl2N3. The molecule has 1 N–H and O–H groups in total. The molecule has 2 atom stereocenters. The van der Waals surface area contributed by atoms with Gasteiger partial charge in [0.1, 0.15) is 0 Å². The van der Waals surface area contributed by atoms with Gasteiger partial charge in [-0.1, -0.05) is 59.6 Å². The highest BCUT2D eigenvalue weighted by Crippen LogP contribution is 2.35. The van der Waals surface area contributed by atoms with Crippen LogP contribution in [-0.4, -0.2) is 23.7 Å². The van der Waals surface area contributed by atoms with Gasteiger partial charge < -0.3 is 5.43 Å². The molecule has 2 aliphatic rings. The first-order valence-electron chi connectivity index (χ1n) is 8.24. The Bertz CT molecular complexity index is 760. The van der Waals surface area contributed by atoms with E-state index in [0.717, 1.165) is 31.6 Å². The van der Waals surface area contributed by atoms with Gasteiger partial charge in [0.05, 0.1) is 16.1 Å². The Morgan fingerprint density at radius 2 is 1.92 bits per heavy atom. The van der Waals surface area contributed by atoms with Gasteiger partial charge >= 0.3 is 0 Å². The zero-order valence-corrected chi connectivity index (χ0v) is 14.8. The predicted octanol–water partition coefficient (Wildman–Crippen LogP) is 4.52. The van der Waals surface area contributed by atoms with Crippen LogP contribution in [0.5, 0.6) is 0 Å². The second-order valence-electron chi connectivity index (χ2n) is 6.46. The van der Waals surface area contributed by atoms with Crippen LogP contribution in [0.2, 0.25) is 10.0 Å². The van der Waals surface area contributed by atoms with Crippen LogP contribution in [-0.2, 0) is 6.54 Å². The van der Waals surface area contributed by atoms with Gasteiger partial charge in [0.2, 0.25) is 0 Å². The largest absolute Gasteiger partial charge is 0.302 e. The zero-order valence-electron chi connectivity index (χ0n) is 13.3. The van der Waals surface area contributed by atoms with Gasteiger partial charge in [0.25, 0.3) is 0 Å². The summed E-state index contributed by atoms with van der Waals surface area (Å²) < 4.78 is 0. The molecule has 2 unspecified atom stereocenters. The zero-order chi connectivity index (χ0) is 16.5. The number of nitrogens with one attached hydrogen (secondary N) is 1. The average molecular weight is 360 g/mol. The summed E-state index contributed by atoms with van der Waals surface area (Å²) in [5.74, 6) is 0.389. The van der Waals surface area contributed by atoms with Crippen molar-refractivity contribution in [3.8, 4) is 0 Å². The third-order valence-corrected chi connectivity index (χ3v) is 5.61. The van der Waals surface area contributed by atoms with Crippen molar-refractivity contribution in [2.24, 2.45) is 11.0 Å². The Balaban J connectivity index is 1.50. The lowest BCUT2D eigenvalue weighted by atomic mass is 9.86. The van der Waals surface area contributed by atoms with Crippen molar-refractivity contribution in [3.05, 3.63) is 69.7 Å². The van der Waals surface area contributed by atoms with Gasteiger partial charge in [-0.2, -0.15) is 5.10 Å². The fraction of sp³-hybridized carbons (Fsp3) is 0.316. The molecule has 2 heterocycles. The molecule has 0 radical (unpaired) electrons. The maximum atomic E-state index is 6.20. The van der Waals surface area contributed by atoms with E-state index in [1.807, 2.05) is 18.2 Å². The van der Waals surface area contributed by atoms with Gasteiger partial charge in [-0.25, -0.2) is 0 Å². The molecule has 24 heavy (non-hydrogen) atoms. The van der Waals surface area contributed by atoms with Crippen LogP contribution in [0.1, 0.15) is 23.6 Å². The first-order valence-corrected chi connectivity index (χ1v) is 8.99. The van der Waals surface area contributed by atoms with Gasteiger partial charge in [-0.3, -0.25) is 4.90 Å². The van der Waals surface area contributed by atoms with E-state index in [-0.39, 0.29) is 6.04 Å². The van der Waals surface area contributed by atoms with Crippen molar-refractivity contribution < 1.29 is 0 Å². The van der Waals surface area contributed by atoms with Gasteiger partial charge in [-0.05, 0) is 23.3 Å². The summed E-state index contributed by atoms with van der Waals surface area (Å²) >= 11 is 12.2. The van der Waals surface area contributed by atoms with Crippen LogP contribution in [0.25, 0.3) is 0 Å². The molecule has 0 bridgehead atoms. The lowest BCUT2D eigenvalue weighted by Crippen LogP contribution is -2.41. The Morgan fingerprint density at radius 3 is 2.71 bits per heavy atom. The van der Waals surface area contributed by atoms with Gasteiger partial charge in [0.15, 0.2) is 0 Å². The van der Waals surface area contributed by atoms with Gasteiger partial charge in [-0.15, -0.1) is 0 Å². The number of piperidine rings is 1. The predicted molar refractivity (Wildman–Crippen MR) is 99.6 cm³/mol. The van der Waals surface area contributed by atoms with Crippen LogP contribution >= 0.6 is 23.2 Å². The monoisotopic (exact) mass is 359 g/mol. The highest BCUT2D eigenvalue weighted by Gasteiger charge is 2.37. The summed E-state index contributed by atoms with van der Waals surface area (Å²) in [6, 6.07) is 16.7. The SMILES string of the molecule is Clc1ccc(C2NN=C3CCN(Cc4ccccc4)CC32)cc1Cl. The molecule has 1 fully saturated rings. The number of hydrogen-bond donors (Lipinski definition) is 1. The molecule has 5 heteroatoms. The van der Waals surface area contributed by atoms with E-state index in [1.165, 1.54) is 11.3 Å². The molecule has 124 valence electrons. The topological polar surface area (TPSA) is 27.6 Å². The van der Waals surface area contributed by atoms with E-state index in [9.17, 15) is 0 Å². The van der Waals surface area contributed by atoms with E-state index >= 15 is 0 Å². The second-order valence-corrected chi connectivity index (χ2v) is 7.28. The highest BCUT2D eigenvalue weighted by atomic mass is 35.5. The number of fused-ring (bicyclic) bond motifs is 1. The minimum atomic E-state index is 0.174. The molecule has 2 aliphatic heterocycles. The number of likely N-dealkylation sites (tertiary alicyclic amines) is 1. The number of rotatable bonds is 3. The Hall–Kier alpha value is -1.55. The van der Waals surface area contributed by atoms with Gasteiger partial charge in [0, 0.05) is 37.7 Å². The summed E-state index contributed by atoms with van der Waals surface area (Å²) in [5, 5.41) is 5.76.